The van der Waals surface area contributed by atoms with E-state index in [4.69, 9.17) is 21.1 Å². The van der Waals surface area contributed by atoms with E-state index in [1.807, 2.05) is 36.4 Å². The van der Waals surface area contributed by atoms with Crippen LogP contribution in [0.15, 0.2) is 48.5 Å². The number of anilines is 1. The van der Waals surface area contributed by atoms with Gasteiger partial charge in [-0.05, 0) is 43.2 Å². The van der Waals surface area contributed by atoms with Gasteiger partial charge < -0.3 is 14.8 Å². The summed E-state index contributed by atoms with van der Waals surface area (Å²) in [6, 6.07) is 16.2. The van der Waals surface area contributed by atoms with Crippen molar-refractivity contribution >= 4 is 17.3 Å². The number of para-hydroxylation sites is 1. The Kier molecular flexibility index (Phi) is 3.68. The SMILES string of the molecule is Clc1ccc2c(c1)[C@H](Nc1ccccc1)C1CCCO[C@H]1O2. The standard InChI is InChI=1S/C18H18ClNO2/c19-12-8-9-16-15(11-12)17(20-13-5-2-1-3-6-13)14-7-4-10-21-18(14)22-16/h1-3,5-6,8-9,11,14,17-18,20H,4,7,10H2/t14?,17-,18+/m1/s1. The summed E-state index contributed by atoms with van der Waals surface area (Å²) in [7, 11) is 0. The number of nitrogens with one attached hydrogen (secondary N) is 1. The van der Waals surface area contributed by atoms with Gasteiger partial charge in [0.05, 0.1) is 12.6 Å². The first-order valence-electron chi connectivity index (χ1n) is 7.70. The van der Waals surface area contributed by atoms with Crippen LogP contribution in [0, 0.1) is 5.92 Å². The van der Waals surface area contributed by atoms with Crippen LogP contribution in [0.1, 0.15) is 24.4 Å². The Balaban J connectivity index is 1.73. The first-order valence-corrected chi connectivity index (χ1v) is 8.08. The van der Waals surface area contributed by atoms with Crippen LogP contribution in [0.25, 0.3) is 0 Å². The van der Waals surface area contributed by atoms with Gasteiger partial charge in [0, 0.05) is 22.2 Å². The fourth-order valence-corrected chi connectivity index (χ4v) is 3.53. The fourth-order valence-electron chi connectivity index (χ4n) is 3.35. The van der Waals surface area contributed by atoms with Gasteiger partial charge in [0.15, 0.2) is 0 Å². The van der Waals surface area contributed by atoms with Gasteiger partial charge in [0.2, 0.25) is 6.29 Å². The maximum absolute atomic E-state index is 6.21. The second kappa shape index (κ2) is 5.82. The van der Waals surface area contributed by atoms with Gasteiger partial charge in [-0.15, -0.1) is 0 Å². The zero-order valence-electron chi connectivity index (χ0n) is 12.2. The molecule has 3 atom stereocenters. The molecule has 0 bridgehead atoms. The van der Waals surface area contributed by atoms with E-state index in [2.05, 4.69) is 17.4 Å². The van der Waals surface area contributed by atoms with Gasteiger partial charge in [0.25, 0.3) is 0 Å². The lowest BCUT2D eigenvalue weighted by Gasteiger charge is -2.42. The Labute approximate surface area is 135 Å². The molecular weight excluding hydrogens is 298 g/mol. The molecule has 0 amide bonds. The molecule has 0 aliphatic carbocycles. The summed E-state index contributed by atoms with van der Waals surface area (Å²) in [6.07, 6.45) is 1.97. The van der Waals surface area contributed by atoms with Crippen LogP contribution in [0.2, 0.25) is 5.02 Å². The molecule has 0 aromatic heterocycles. The summed E-state index contributed by atoms with van der Waals surface area (Å²) in [6.45, 7) is 0.766. The second-order valence-corrected chi connectivity index (χ2v) is 6.27. The van der Waals surface area contributed by atoms with Gasteiger partial charge in [-0.1, -0.05) is 29.8 Å². The van der Waals surface area contributed by atoms with Gasteiger partial charge in [-0.3, -0.25) is 0 Å². The molecule has 1 N–H and O–H groups in total. The molecule has 2 aliphatic rings. The first kappa shape index (κ1) is 13.9. The number of hydrogen-bond donors (Lipinski definition) is 1. The van der Waals surface area contributed by atoms with Crippen molar-refractivity contribution in [3.05, 3.63) is 59.1 Å². The highest BCUT2D eigenvalue weighted by molar-refractivity contribution is 6.30. The van der Waals surface area contributed by atoms with E-state index in [0.29, 0.717) is 5.92 Å². The fraction of sp³-hybridized carbons (Fsp3) is 0.333. The predicted octanol–water partition coefficient (Wildman–Crippen LogP) is 4.64. The maximum atomic E-state index is 6.21. The average Bonchev–Trinajstić information content (AvgIpc) is 2.56. The van der Waals surface area contributed by atoms with Crippen molar-refractivity contribution < 1.29 is 9.47 Å². The van der Waals surface area contributed by atoms with Crippen molar-refractivity contribution in [1.29, 1.82) is 0 Å². The Morgan fingerprint density at radius 1 is 1.09 bits per heavy atom. The molecular formula is C18H18ClNO2. The monoisotopic (exact) mass is 315 g/mol. The smallest absolute Gasteiger partial charge is 0.204 e. The summed E-state index contributed by atoms with van der Waals surface area (Å²) in [4.78, 5) is 0. The van der Waals surface area contributed by atoms with Crippen molar-refractivity contribution in [1.82, 2.24) is 0 Å². The summed E-state index contributed by atoms with van der Waals surface area (Å²) in [5, 5.41) is 4.38. The third-order valence-corrected chi connectivity index (χ3v) is 4.62. The third kappa shape index (κ3) is 2.55. The van der Waals surface area contributed by atoms with Gasteiger partial charge >= 0.3 is 0 Å². The van der Waals surface area contributed by atoms with Crippen LogP contribution >= 0.6 is 11.6 Å². The number of benzene rings is 2. The molecule has 1 fully saturated rings. The van der Waals surface area contributed by atoms with Gasteiger partial charge in [-0.2, -0.15) is 0 Å². The van der Waals surface area contributed by atoms with Crippen molar-refractivity contribution in [3.8, 4) is 5.75 Å². The Bertz CT molecular complexity index is 661. The Morgan fingerprint density at radius 2 is 1.95 bits per heavy atom. The summed E-state index contributed by atoms with van der Waals surface area (Å²) < 4.78 is 11.9. The normalized spacial score (nSPS) is 26.5. The number of fused-ring (bicyclic) bond motifs is 2. The summed E-state index contributed by atoms with van der Waals surface area (Å²) in [5.41, 5.74) is 2.22. The molecule has 4 heteroatoms. The van der Waals surface area contributed by atoms with Crippen molar-refractivity contribution in [3.63, 3.8) is 0 Å². The minimum absolute atomic E-state index is 0.148. The summed E-state index contributed by atoms with van der Waals surface area (Å²) in [5.74, 6) is 1.15. The minimum Gasteiger partial charge on any atom is -0.464 e. The molecule has 0 saturated carbocycles. The highest BCUT2D eigenvalue weighted by Gasteiger charge is 2.40. The van der Waals surface area contributed by atoms with Crippen molar-refractivity contribution in [2.24, 2.45) is 5.92 Å². The lowest BCUT2D eigenvalue weighted by molar-refractivity contribution is -0.154. The molecule has 1 saturated heterocycles. The number of halogens is 1. The Hall–Kier alpha value is -1.71. The van der Waals surface area contributed by atoms with Crippen LogP contribution in [-0.2, 0) is 4.74 Å². The van der Waals surface area contributed by atoms with Gasteiger partial charge in [0.1, 0.15) is 5.75 Å². The molecule has 114 valence electrons. The molecule has 0 spiro atoms. The molecule has 22 heavy (non-hydrogen) atoms. The van der Waals surface area contributed by atoms with Crippen molar-refractivity contribution in [2.75, 3.05) is 11.9 Å². The molecule has 2 aliphatic heterocycles. The van der Waals surface area contributed by atoms with Crippen LogP contribution < -0.4 is 10.1 Å². The zero-order valence-corrected chi connectivity index (χ0v) is 12.9. The largest absolute Gasteiger partial charge is 0.464 e. The van der Waals surface area contributed by atoms with Gasteiger partial charge in [-0.25, -0.2) is 0 Å². The molecule has 1 unspecified atom stereocenters. The topological polar surface area (TPSA) is 30.5 Å². The van der Waals surface area contributed by atoms with Crippen LogP contribution in [-0.4, -0.2) is 12.9 Å². The van der Waals surface area contributed by atoms with E-state index in [1.54, 1.807) is 0 Å². The van der Waals surface area contributed by atoms with Crippen LogP contribution in [0.5, 0.6) is 5.75 Å². The molecule has 2 aromatic rings. The quantitative estimate of drug-likeness (QED) is 0.876. The molecule has 3 nitrogen and oxygen atoms in total. The Morgan fingerprint density at radius 3 is 2.82 bits per heavy atom. The lowest BCUT2D eigenvalue weighted by atomic mass is 9.84. The highest BCUT2D eigenvalue weighted by Crippen LogP contribution is 2.45. The molecule has 0 radical (unpaired) electrons. The van der Waals surface area contributed by atoms with E-state index in [0.717, 1.165) is 41.5 Å². The van der Waals surface area contributed by atoms with Crippen LogP contribution in [0.4, 0.5) is 5.69 Å². The molecule has 2 heterocycles. The maximum Gasteiger partial charge on any atom is 0.204 e. The van der Waals surface area contributed by atoms with Crippen LogP contribution in [0.3, 0.4) is 0 Å². The number of rotatable bonds is 2. The molecule has 4 rings (SSSR count). The van der Waals surface area contributed by atoms with E-state index < -0.39 is 0 Å². The molecule has 2 aromatic carbocycles. The highest BCUT2D eigenvalue weighted by atomic mass is 35.5. The van der Waals surface area contributed by atoms with E-state index >= 15 is 0 Å². The number of hydrogen-bond acceptors (Lipinski definition) is 3. The van der Waals surface area contributed by atoms with E-state index in [-0.39, 0.29) is 12.3 Å². The summed E-state index contributed by atoms with van der Waals surface area (Å²) >= 11 is 6.21. The van der Waals surface area contributed by atoms with E-state index in [1.165, 1.54) is 0 Å². The average molecular weight is 316 g/mol. The second-order valence-electron chi connectivity index (χ2n) is 5.83. The zero-order chi connectivity index (χ0) is 14.9. The predicted molar refractivity (Wildman–Crippen MR) is 87.3 cm³/mol. The first-order chi connectivity index (χ1) is 10.8. The number of ether oxygens (including phenoxy) is 2. The lowest BCUT2D eigenvalue weighted by Crippen LogP contribution is -2.43. The minimum atomic E-state index is -0.177. The van der Waals surface area contributed by atoms with Crippen molar-refractivity contribution in [2.45, 2.75) is 25.2 Å². The third-order valence-electron chi connectivity index (χ3n) is 4.39. The van der Waals surface area contributed by atoms with E-state index in [9.17, 15) is 0 Å².